The molecule has 3 aromatic rings. The number of aromatic nitrogens is 1. The van der Waals surface area contributed by atoms with Gasteiger partial charge in [-0.25, -0.2) is 12.8 Å². The number of nitrogens with zero attached hydrogens (tertiary/aromatic N) is 3. The molecule has 190 valence electrons. The molecule has 0 radical (unpaired) electrons. The first kappa shape index (κ1) is 27.0. The molecule has 0 aliphatic rings. The maximum absolute atomic E-state index is 13.5. The van der Waals surface area contributed by atoms with Crippen LogP contribution in [0.3, 0.4) is 0 Å². The van der Waals surface area contributed by atoms with Crippen LogP contribution in [0, 0.1) is 5.82 Å². The van der Waals surface area contributed by atoms with Crippen molar-refractivity contribution in [1.82, 2.24) is 19.5 Å². The summed E-state index contributed by atoms with van der Waals surface area (Å²) in [5, 5.41) is 2.87. The molecule has 1 heterocycles. The van der Waals surface area contributed by atoms with E-state index in [-0.39, 0.29) is 19.5 Å². The zero-order valence-corrected chi connectivity index (χ0v) is 21.0. The number of carbonyl (C=O) groups excluding carboxylic acids is 2. The van der Waals surface area contributed by atoms with Crippen LogP contribution in [-0.2, 0) is 39.1 Å². The quantitative estimate of drug-likeness (QED) is 0.425. The summed E-state index contributed by atoms with van der Waals surface area (Å²) in [6.45, 7) is -0.241. The average Bonchev–Trinajstić information content (AvgIpc) is 2.86. The summed E-state index contributed by atoms with van der Waals surface area (Å²) in [7, 11) is -2.33. The van der Waals surface area contributed by atoms with Crippen molar-refractivity contribution in [3.8, 4) is 0 Å². The first-order valence-corrected chi connectivity index (χ1v) is 13.1. The number of hydrogen-bond donors (Lipinski definition) is 1. The van der Waals surface area contributed by atoms with E-state index in [0.717, 1.165) is 21.7 Å². The van der Waals surface area contributed by atoms with Gasteiger partial charge in [0.15, 0.2) is 0 Å². The SMILES string of the molecule is CN(CC(=O)N(Cc1ccc(F)cc1)[C@@H](Cc1ccccc1)C(=O)NCc1cccnc1)S(C)(=O)=O. The fourth-order valence-corrected chi connectivity index (χ4v) is 3.89. The van der Waals surface area contributed by atoms with E-state index in [0.29, 0.717) is 5.56 Å². The number of rotatable bonds is 11. The van der Waals surface area contributed by atoms with Gasteiger partial charge in [-0.1, -0.05) is 48.5 Å². The van der Waals surface area contributed by atoms with E-state index in [1.165, 1.54) is 36.2 Å². The van der Waals surface area contributed by atoms with Gasteiger partial charge in [0, 0.05) is 39.0 Å². The Morgan fingerprint density at radius 1 is 0.972 bits per heavy atom. The summed E-state index contributed by atoms with van der Waals surface area (Å²) in [6, 6.07) is 17.5. The second-order valence-corrected chi connectivity index (χ2v) is 10.5. The third-order valence-electron chi connectivity index (χ3n) is 5.65. The number of benzene rings is 2. The first-order chi connectivity index (χ1) is 17.1. The molecule has 0 unspecified atom stereocenters. The van der Waals surface area contributed by atoms with Gasteiger partial charge in [-0.2, -0.15) is 4.31 Å². The van der Waals surface area contributed by atoms with Crippen molar-refractivity contribution >= 4 is 21.8 Å². The molecule has 0 saturated carbocycles. The molecule has 2 aromatic carbocycles. The zero-order valence-electron chi connectivity index (χ0n) is 20.2. The van der Waals surface area contributed by atoms with Gasteiger partial charge in [0.25, 0.3) is 0 Å². The minimum Gasteiger partial charge on any atom is -0.350 e. The Hall–Kier alpha value is -3.63. The Bertz CT molecular complexity index is 1260. The average molecular weight is 513 g/mol. The van der Waals surface area contributed by atoms with Crippen LogP contribution in [0.25, 0.3) is 0 Å². The molecular weight excluding hydrogens is 483 g/mol. The fourth-order valence-electron chi connectivity index (χ4n) is 3.55. The van der Waals surface area contributed by atoms with Crippen molar-refractivity contribution < 1.29 is 22.4 Å². The highest BCUT2D eigenvalue weighted by Gasteiger charge is 2.31. The Morgan fingerprint density at radius 3 is 2.25 bits per heavy atom. The maximum Gasteiger partial charge on any atom is 0.243 e. The van der Waals surface area contributed by atoms with Gasteiger partial charge in [-0.15, -0.1) is 0 Å². The fraction of sp³-hybridized carbons (Fsp3) is 0.269. The molecule has 10 heteroatoms. The lowest BCUT2D eigenvalue weighted by molar-refractivity contribution is -0.141. The Morgan fingerprint density at radius 2 is 1.64 bits per heavy atom. The molecule has 0 fully saturated rings. The number of nitrogens with one attached hydrogen (secondary N) is 1. The summed E-state index contributed by atoms with van der Waals surface area (Å²) >= 11 is 0. The Balaban J connectivity index is 1.94. The van der Waals surface area contributed by atoms with Crippen LogP contribution in [0.1, 0.15) is 16.7 Å². The zero-order chi connectivity index (χ0) is 26.1. The summed E-state index contributed by atoms with van der Waals surface area (Å²) in [6.07, 6.45) is 4.47. The van der Waals surface area contributed by atoms with Gasteiger partial charge in [-0.3, -0.25) is 14.6 Å². The van der Waals surface area contributed by atoms with Crippen LogP contribution in [0.15, 0.2) is 79.1 Å². The minimum absolute atomic E-state index is 0.00543. The second kappa shape index (κ2) is 12.4. The molecule has 0 saturated heterocycles. The van der Waals surface area contributed by atoms with Gasteiger partial charge >= 0.3 is 0 Å². The summed E-state index contributed by atoms with van der Waals surface area (Å²) in [5.41, 5.74) is 2.22. The highest BCUT2D eigenvalue weighted by Crippen LogP contribution is 2.16. The van der Waals surface area contributed by atoms with Crippen LogP contribution in [0.2, 0.25) is 0 Å². The third kappa shape index (κ3) is 7.96. The lowest BCUT2D eigenvalue weighted by Crippen LogP contribution is -2.52. The number of amides is 2. The standard InChI is InChI=1S/C26H29FN4O4S/c1-30(36(2,34)35)19-25(32)31(18-21-10-12-23(27)13-11-21)24(15-20-7-4-3-5-8-20)26(33)29-17-22-9-6-14-28-16-22/h3-14,16,24H,15,17-19H2,1-2H3,(H,29,33)/t24-/m0/s1. The van der Waals surface area contributed by atoms with E-state index in [4.69, 9.17) is 0 Å². The van der Waals surface area contributed by atoms with Crippen LogP contribution in [0.5, 0.6) is 0 Å². The second-order valence-electron chi connectivity index (χ2n) is 8.45. The summed E-state index contributed by atoms with van der Waals surface area (Å²) in [4.78, 5) is 32.3. The van der Waals surface area contributed by atoms with E-state index in [2.05, 4.69) is 10.3 Å². The first-order valence-electron chi connectivity index (χ1n) is 11.3. The lowest BCUT2D eigenvalue weighted by atomic mass is 10.0. The molecular formula is C26H29FN4O4S. The lowest BCUT2D eigenvalue weighted by Gasteiger charge is -2.32. The van der Waals surface area contributed by atoms with E-state index >= 15 is 0 Å². The number of sulfonamides is 1. The van der Waals surface area contributed by atoms with Crippen molar-refractivity contribution in [3.63, 3.8) is 0 Å². The summed E-state index contributed by atoms with van der Waals surface area (Å²) in [5.74, 6) is -1.38. The van der Waals surface area contributed by atoms with Gasteiger partial charge in [0.1, 0.15) is 11.9 Å². The normalized spacial score (nSPS) is 12.2. The van der Waals surface area contributed by atoms with Gasteiger partial charge in [0.05, 0.1) is 12.8 Å². The Labute approximate surface area is 210 Å². The minimum atomic E-state index is -3.63. The number of carbonyl (C=O) groups is 2. The molecule has 0 spiro atoms. The molecule has 8 nitrogen and oxygen atoms in total. The van der Waals surface area contributed by atoms with Crippen molar-refractivity contribution in [2.24, 2.45) is 0 Å². The monoisotopic (exact) mass is 512 g/mol. The Kier molecular flexibility index (Phi) is 9.26. The highest BCUT2D eigenvalue weighted by atomic mass is 32.2. The molecule has 1 atom stereocenters. The molecule has 1 N–H and O–H groups in total. The van der Waals surface area contributed by atoms with E-state index in [9.17, 15) is 22.4 Å². The van der Waals surface area contributed by atoms with Crippen molar-refractivity contribution in [2.45, 2.75) is 25.6 Å². The largest absolute Gasteiger partial charge is 0.350 e. The van der Waals surface area contributed by atoms with E-state index in [1.807, 2.05) is 36.4 Å². The van der Waals surface area contributed by atoms with Crippen LogP contribution in [0.4, 0.5) is 4.39 Å². The molecule has 1 aromatic heterocycles. The smallest absolute Gasteiger partial charge is 0.243 e. The maximum atomic E-state index is 13.5. The van der Waals surface area contributed by atoms with Crippen LogP contribution >= 0.6 is 0 Å². The molecule has 2 amide bonds. The van der Waals surface area contributed by atoms with Gasteiger partial charge < -0.3 is 10.2 Å². The molecule has 36 heavy (non-hydrogen) atoms. The van der Waals surface area contributed by atoms with Crippen LogP contribution in [-0.4, -0.2) is 60.3 Å². The van der Waals surface area contributed by atoms with E-state index < -0.39 is 40.2 Å². The number of hydrogen-bond acceptors (Lipinski definition) is 5. The molecule has 0 aliphatic heterocycles. The third-order valence-corrected chi connectivity index (χ3v) is 6.91. The predicted octanol–water partition coefficient (Wildman–Crippen LogP) is 2.37. The number of likely N-dealkylation sites (N-methyl/N-ethyl adjacent to an activating group) is 1. The molecule has 3 rings (SSSR count). The topological polar surface area (TPSA) is 99.7 Å². The number of halogens is 1. The molecule has 0 bridgehead atoms. The van der Waals surface area contributed by atoms with Crippen molar-refractivity contribution in [3.05, 3.63) is 102 Å². The van der Waals surface area contributed by atoms with Crippen molar-refractivity contribution in [2.75, 3.05) is 19.8 Å². The number of pyridine rings is 1. The summed E-state index contributed by atoms with van der Waals surface area (Å²) < 4.78 is 38.4. The predicted molar refractivity (Wildman–Crippen MR) is 134 cm³/mol. The van der Waals surface area contributed by atoms with Crippen LogP contribution < -0.4 is 5.32 Å². The highest BCUT2D eigenvalue weighted by molar-refractivity contribution is 7.88. The van der Waals surface area contributed by atoms with Crippen molar-refractivity contribution in [1.29, 1.82) is 0 Å². The van der Waals surface area contributed by atoms with Gasteiger partial charge in [0.2, 0.25) is 21.8 Å². The van der Waals surface area contributed by atoms with E-state index in [1.54, 1.807) is 18.5 Å². The molecule has 0 aliphatic carbocycles. The van der Waals surface area contributed by atoms with Gasteiger partial charge in [-0.05, 0) is 34.9 Å².